The van der Waals surface area contributed by atoms with Crippen LogP contribution in [0.2, 0.25) is 0 Å². The molecule has 3 atom stereocenters. The van der Waals surface area contributed by atoms with Crippen molar-refractivity contribution in [3.8, 4) is 0 Å². The van der Waals surface area contributed by atoms with E-state index in [1.165, 1.54) is 37.8 Å². The lowest BCUT2D eigenvalue weighted by atomic mass is 9.95. The number of halogens is 1. The molecule has 0 saturated heterocycles. The van der Waals surface area contributed by atoms with E-state index in [2.05, 4.69) is 5.32 Å². The first-order valence-electron chi connectivity index (χ1n) is 7.32. The lowest BCUT2D eigenvalue weighted by molar-refractivity contribution is -0.119. The summed E-state index contributed by atoms with van der Waals surface area (Å²) in [5.74, 6) is 2.76. The van der Waals surface area contributed by atoms with Gasteiger partial charge in [-0.05, 0) is 48.8 Å². The highest BCUT2D eigenvalue weighted by Crippen LogP contribution is 2.44. The molecule has 108 valence electrons. The minimum atomic E-state index is -0.215. The van der Waals surface area contributed by atoms with Crippen molar-refractivity contribution in [1.29, 1.82) is 0 Å². The molecule has 0 aromatic heterocycles. The number of fused-ring (bicyclic) bond motifs is 2. The SMILES string of the molecule is O=C(CSCc1ccc(F)cc1)N[C@H]1C[C@H]2CC[C@@H]1C2. The predicted molar refractivity (Wildman–Crippen MR) is 79.9 cm³/mol. The maximum absolute atomic E-state index is 12.8. The number of thioether (sulfide) groups is 1. The molecule has 0 aliphatic heterocycles. The first kappa shape index (κ1) is 13.9. The first-order chi connectivity index (χ1) is 9.70. The number of nitrogens with one attached hydrogen (secondary N) is 1. The van der Waals surface area contributed by atoms with Crippen molar-refractivity contribution in [2.75, 3.05) is 5.75 Å². The Bertz CT molecular complexity index is 476. The normalized spacial score (nSPS) is 27.8. The number of carbonyl (C=O) groups excluding carboxylic acids is 1. The number of hydrogen-bond donors (Lipinski definition) is 1. The Morgan fingerprint density at radius 3 is 2.70 bits per heavy atom. The Kier molecular flexibility index (Phi) is 4.29. The van der Waals surface area contributed by atoms with Crippen LogP contribution in [-0.4, -0.2) is 17.7 Å². The van der Waals surface area contributed by atoms with E-state index < -0.39 is 0 Å². The zero-order chi connectivity index (χ0) is 13.9. The van der Waals surface area contributed by atoms with Crippen molar-refractivity contribution < 1.29 is 9.18 Å². The molecule has 0 unspecified atom stereocenters. The van der Waals surface area contributed by atoms with E-state index in [1.807, 2.05) is 0 Å². The molecule has 0 radical (unpaired) electrons. The molecule has 2 saturated carbocycles. The van der Waals surface area contributed by atoms with Crippen molar-refractivity contribution in [2.45, 2.75) is 37.5 Å². The molecule has 0 spiro atoms. The van der Waals surface area contributed by atoms with Crippen molar-refractivity contribution >= 4 is 17.7 Å². The van der Waals surface area contributed by atoms with E-state index in [0.29, 0.717) is 11.8 Å². The zero-order valence-electron chi connectivity index (χ0n) is 11.5. The molecular weight excluding hydrogens is 273 g/mol. The van der Waals surface area contributed by atoms with Crippen molar-refractivity contribution in [3.05, 3.63) is 35.6 Å². The summed E-state index contributed by atoms with van der Waals surface area (Å²) in [6.07, 6.45) is 5.14. The van der Waals surface area contributed by atoms with Crippen LogP contribution in [0.5, 0.6) is 0 Å². The van der Waals surface area contributed by atoms with Crippen LogP contribution >= 0.6 is 11.8 Å². The van der Waals surface area contributed by atoms with E-state index in [9.17, 15) is 9.18 Å². The summed E-state index contributed by atoms with van der Waals surface area (Å²) < 4.78 is 12.8. The third kappa shape index (κ3) is 3.35. The van der Waals surface area contributed by atoms with Crippen LogP contribution < -0.4 is 5.32 Å². The Morgan fingerprint density at radius 2 is 2.05 bits per heavy atom. The topological polar surface area (TPSA) is 29.1 Å². The van der Waals surface area contributed by atoms with Crippen LogP contribution in [0.3, 0.4) is 0 Å². The first-order valence-corrected chi connectivity index (χ1v) is 8.48. The number of rotatable bonds is 5. The van der Waals surface area contributed by atoms with Gasteiger partial charge in [-0.15, -0.1) is 11.8 Å². The molecule has 2 aliphatic carbocycles. The molecule has 20 heavy (non-hydrogen) atoms. The second-order valence-corrected chi connectivity index (χ2v) is 6.95. The highest BCUT2D eigenvalue weighted by molar-refractivity contribution is 7.99. The molecule has 2 nitrogen and oxygen atoms in total. The summed E-state index contributed by atoms with van der Waals surface area (Å²) in [6.45, 7) is 0. The molecule has 1 aromatic rings. The summed E-state index contributed by atoms with van der Waals surface area (Å²) in [5.41, 5.74) is 1.06. The van der Waals surface area contributed by atoms with Crippen LogP contribution in [0.4, 0.5) is 4.39 Å². The van der Waals surface area contributed by atoms with E-state index in [0.717, 1.165) is 23.2 Å². The van der Waals surface area contributed by atoms with Gasteiger partial charge in [0.2, 0.25) is 5.91 Å². The number of amides is 1. The van der Waals surface area contributed by atoms with Crippen LogP contribution in [-0.2, 0) is 10.5 Å². The maximum Gasteiger partial charge on any atom is 0.230 e. The quantitative estimate of drug-likeness (QED) is 0.902. The highest BCUT2D eigenvalue weighted by atomic mass is 32.2. The van der Waals surface area contributed by atoms with Gasteiger partial charge in [-0.25, -0.2) is 4.39 Å². The predicted octanol–water partition coefficient (Wildman–Crippen LogP) is 3.36. The van der Waals surface area contributed by atoms with Gasteiger partial charge in [-0.3, -0.25) is 4.79 Å². The largest absolute Gasteiger partial charge is 0.352 e. The van der Waals surface area contributed by atoms with E-state index in [1.54, 1.807) is 23.9 Å². The number of benzene rings is 1. The second kappa shape index (κ2) is 6.17. The van der Waals surface area contributed by atoms with Crippen LogP contribution in [0, 0.1) is 17.7 Å². The van der Waals surface area contributed by atoms with Gasteiger partial charge in [0.25, 0.3) is 0 Å². The number of carbonyl (C=O) groups is 1. The molecule has 1 aromatic carbocycles. The molecule has 2 fully saturated rings. The fourth-order valence-electron chi connectivity index (χ4n) is 3.51. The smallest absolute Gasteiger partial charge is 0.230 e. The molecule has 3 rings (SSSR count). The van der Waals surface area contributed by atoms with Gasteiger partial charge in [0, 0.05) is 11.8 Å². The minimum Gasteiger partial charge on any atom is -0.352 e. The minimum absolute atomic E-state index is 0.148. The van der Waals surface area contributed by atoms with Gasteiger partial charge >= 0.3 is 0 Å². The fraction of sp³-hybridized carbons (Fsp3) is 0.562. The standard InChI is InChI=1S/C16H20FNOS/c17-14-5-2-11(3-6-14)9-20-10-16(19)18-15-8-12-1-4-13(15)7-12/h2-3,5-6,12-13,15H,1,4,7-10H2,(H,18,19)/t12-,13+,15-/m0/s1. The summed E-state index contributed by atoms with van der Waals surface area (Å²) in [7, 11) is 0. The van der Waals surface area contributed by atoms with Crippen molar-refractivity contribution in [2.24, 2.45) is 11.8 Å². The maximum atomic E-state index is 12.8. The fourth-order valence-corrected chi connectivity index (χ4v) is 4.31. The van der Waals surface area contributed by atoms with Gasteiger partial charge in [-0.2, -0.15) is 0 Å². The molecule has 1 N–H and O–H groups in total. The van der Waals surface area contributed by atoms with Crippen molar-refractivity contribution in [1.82, 2.24) is 5.32 Å². The Balaban J connectivity index is 1.38. The average molecular weight is 293 g/mol. The van der Waals surface area contributed by atoms with Gasteiger partial charge in [0.15, 0.2) is 0 Å². The lowest BCUT2D eigenvalue weighted by Crippen LogP contribution is -2.39. The van der Waals surface area contributed by atoms with E-state index >= 15 is 0 Å². The molecule has 2 bridgehead atoms. The zero-order valence-corrected chi connectivity index (χ0v) is 12.3. The molecule has 0 heterocycles. The monoisotopic (exact) mass is 293 g/mol. The molecule has 2 aliphatic rings. The van der Waals surface area contributed by atoms with Gasteiger partial charge < -0.3 is 5.32 Å². The highest BCUT2D eigenvalue weighted by Gasteiger charge is 2.39. The summed E-state index contributed by atoms with van der Waals surface area (Å²) >= 11 is 1.59. The number of hydrogen-bond acceptors (Lipinski definition) is 2. The third-order valence-corrected chi connectivity index (χ3v) is 5.50. The van der Waals surface area contributed by atoms with Crippen LogP contribution in [0.15, 0.2) is 24.3 Å². The molecule has 4 heteroatoms. The van der Waals surface area contributed by atoms with E-state index in [-0.39, 0.29) is 11.7 Å². The summed E-state index contributed by atoms with van der Waals surface area (Å²) in [5, 5.41) is 3.19. The summed E-state index contributed by atoms with van der Waals surface area (Å²) in [4.78, 5) is 11.9. The van der Waals surface area contributed by atoms with Gasteiger partial charge in [0.05, 0.1) is 5.75 Å². The van der Waals surface area contributed by atoms with Gasteiger partial charge in [0.1, 0.15) is 5.82 Å². The van der Waals surface area contributed by atoms with Crippen molar-refractivity contribution in [3.63, 3.8) is 0 Å². The Hall–Kier alpha value is -1.03. The van der Waals surface area contributed by atoms with Crippen LogP contribution in [0.1, 0.15) is 31.2 Å². The molecule has 1 amide bonds. The van der Waals surface area contributed by atoms with E-state index in [4.69, 9.17) is 0 Å². The van der Waals surface area contributed by atoms with Gasteiger partial charge in [-0.1, -0.05) is 18.6 Å². The Labute approximate surface area is 123 Å². The Morgan fingerprint density at radius 1 is 1.25 bits per heavy atom. The second-order valence-electron chi connectivity index (χ2n) is 5.97. The third-order valence-electron chi connectivity index (χ3n) is 4.50. The van der Waals surface area contributed by atoms with Crippen LogP contribution in [0.25, 0.3) is 0 Å². The summed E-state index contributed by atoms with van der Waals surface area (Å²) in [6, 6.07) is 6.90. The average Bonchev–Trinajstić information content (AvgIpc) is 3.03. The lowest BCUT2D eigenvalue weighted by Gasteiger charge is -2.22. The molecular formula is C16H20FNOS.